The topological polar surface area (TPSA) is 70.7 Å². The second kappa shape index (κ2) is 8.12. The van der Waals surface area contributed by atoms with Gasteiger partial charge in [-0.25, -0.2) is 0 Å². The molecule has 0 radical (unpaired) electrons. The van der Waals surface area contributed by atoms with Gasteiger partial charge in [0.25, 0.3) is 0 Å². The Balaban J connectivity index is 1.70. The van der Waals surface area contributed by atoms with Crippen LogP contribution in [0.1, 0.15) is 25.3 Å². The third kappa shape index (κ3) is 4.22. The van der Waals surface area contributed by atoms with Crippen molar-refractivity contribution in [3.05, 3.63) is 48.0 Å². The molecule has 1 aliphatic heterocycles. The molecule has 27 heavy (non-hydrogen) atoms. The first-order valence-electron chi connectivity index (χ1n) is 9.11. The molecule has 2 N–H and O–H groups in total. The Morgan fingerprint density at radius 3 is 2.67 bits per heavy atom. The van der Waals surface area contributed by atoms with Gasteiger partial charge in [0, 0.05) is 30.4 Å². The first-order chi connectivity index (χ1) is 13.0. The van der Waals surface area contributed by atoms with Gasteiger partial charge in [0.15, 0.2) is 0 Å². The number of amides is 2. The van der Waals surface area contributed by atoms with Crippen LogP contribution in [0.25, 0.3) is 0 Å². The lowest BCUT2D eigenvalue weighted by Crippen LogP contribution is -2.32. The van der Waals surface area contributed by atoms with E-state index in [0.717, 1.165) is 29.0 Å². The Morgan fingerprint density at radius 1 is 1.22 bits per heavy atom. The van der Waals surface area contributed by atoms with Gasteiger partial charge in [-0.3, -0.25) is 9.59 Å². The van der Waals surface area contributed by atoms with Crippen LogP contribution in [0.3, 0.4) is 0 Å². The average molecular weight is 367 g/mol. The number of para-hydroxylation sites is 1. The third-order valence-corrected chi connectivity index (χ3v) is 4.72. The molecule has 142 valence electrons. The van der Waals surface area contributed by atoms with Crippen molar-refractivity contribution in [1.82, 2.24) is 0 Å². The summed E-state index contributed by atoms with van der Waals surface area (Å²) in [5.41, 5.74) is 3.34. The SMILES string of the molecule is COc1cc(N[C@@H](C)C(=O)Nc2ccccc2C)ccc1N1CCCC1=O. The largest absolute Gasteiger partial charge is 0.494 e. The number of nitrogens with one attached hydrogen (secondary N) is 2. The maximum absolute atomic E-state index is 12.5. The molecule has 0 bridgehead atoms. The summed E-state index contributed by atoms with van der Waals surface area (Å²) in [6.45, 7) is 4.46. The van der Waals surface area contributed by atoms with Crippen molar-refractivity contribution < 1.29 is 14.3 Å². The molecule has 6 nitrogen and oxygen atoms in total. The lowest BCUT2D eigenvalue weighted by atomic mass is 10.2. The Kier molecular flexibility index (Phi) is 5.64. The second-order valence-corrected chi connectivity index (χ2v) is 6.71. The summed E-state index contributed by atoms with van der Waals surface area (Å²) in [6, 6.07) is 12.8. The maximum Gasteiger partial charge on any atom is 0.246 e. The quantitative estimate of drug-likeness (QED) is 0.819. The fourth-order valence-electron chi connectivity index (χ4n) is 3.16. The predicted molar refractivity (Wildman–Crippen MR) is 107 cm³/mol. The number of rotatable bonds is 6. The Morgan fingerprint density at radius 2 is 2.00 bits per heavy atom. The monoisotopic (exact) mass is 367 g/mol. The maximum atomic E-state index is 12.5. The highest BCUT2D eigenvalue weighted by Gasteiger charge is 2.24. The summed E-state index contributed by atoms with van der Waals surface area (Å²) >= 11 is 0. The minimum Gasteiger partial charge on any atom is -0.494 e. The first-order valence-corrected chi connectivity index (χ1v) is 9.11. The summed E-state index contributed by atoms with van der Waals surface area (Å²) in [5.74, 6) is 0.601. The van der Waals surface area contributed by atoms with E-state index in [1.54, 1.807) is 18.9 Å². The van der Waals surface area contributed by atoms with Crippen molar-refractivity contribution in [1.29, 1.82) is 0 Å². The molecule has 0 aromatic heterocycles. The molecule has 6 heteroatoms. The lowest BCUT2D eigenvalue weighted by Gasteiger charge is -2.21. The van der Waals surface area contributed by atoms with Gasteiger partial charge >= 0.3 is 0 Å². The average Bonchev–Trinajstić information content (AvgIpc) is 3.09. The van der Waals surface area contributed by atoms with Crippen LogP contribution in [0.5, 0.6) is 5.75 Å². The normalized spacial score (nSPS) is 14.8. The molecular weight excluding hydrogens is 342 g/mol. The van der Waals surface area contributed by atoms with E-state index in [1.807, 2.05) is 49.4 Å². The minimum absolute atomic E-state index is 0.111. The third-order valence-electron chi connectivity index (χ3n) is 4.72. The van der Waals surface area contributed by atoms with E-state index in [9.17, 15) is 9.59 Å². The van der Waals surface area contributed by atoms with E-state index in [4.69, 9.17) is 4.74 Å². The summed E-state index contributed by atoms with van der Waals surface area (Å²) in [7, 11) is 1.58. The number of hydrogen-bond donors (Lipinski definition) is 2. The van der Waals surface area contributed by atoms with Gasteiger partial charge in [-0.2, -0.15) is 0 Å². The van der Waals surface area contributed by atoms with Crippen LogP contribution in [0.2, 0.25) is 0 Å². The summed E-state index contributed by atoms with van der Waals surface area (Å²) < 4.78 is 5.47. The molecule has 2 amide bonds. The van der Waals surface area contributed by atoms with E-state index in [1.165, 1.54) is 0 Å². The van der Waals surface area contributed by atoms with Crippen LogP contribution in [-0.2, 0) is 9.59 Å². The van der Waals surface area contributed by atoms with Crippen molar-refractivity contribution in [2.75, 3.05) is 29.2 Å². The van der Waals surface area contributed by atoms with E-state index in [0.29, 0.717) is 18.7 Å². The standard InChI is InChI=1S/C21H25N3O3/c1-14-7-4-5-8-17(14)23-21(26)15(2)22-16-10-11-18(19(13-16)27-3)24-12-6-9-20(24)25/h4-5,7-8,10-11,13,15,22H,6,9,12H2,1-3H3,(H,23,26)/t15-/m0/s1. The molecule has 1 aliphatic rings. The molecule has 1 atom stereocenters. The molecule has 0 saturated carbocycles. The zero-order chi connectivity index (χ0) is 19.4. The van der Waals surface area contributed by atoms with Crippen molar-refractivity contribution >= 4 is 28.9 Å². The lowest BCUT2D eigenvalue weighted by molar-refractivity contribution is -0.117. The van der Waals surface area contributed by atoms with Crippen molar-refractivity contribution in [2.24, 2.45) is 0 Å². The molecule has 2 aromatic rings. The van der Waals surface area contributed by atoms with Crippen molar-refractivity contribution in [3.63, 3.8) is 0 Å². The zero-order valence-corrected chi connectivity index (χ0v) is 15.9. The highest BCUT2D eigenvalue weighted by Crippen LogP contribution is 2.34. The number of aryl methyl sites for hydroxylation is 1. The van der Waals surface area contributed by atoms with E-state index < -0.39 is 6.04 Å². The van der Waals surface area contributed by atoms with Gasteiger partial charge in [0.1, 0.15) is 11.8 Å². The Bertz CT molecular complexity index is 850. The van der Waals surface area contributed by atoms with E-state index in [-0.39, 0.29) is 11.8 Å². The van der Waals surface area contributed by atoms with Crippen LogP contribution in [0, 0.1) is 6.92 Å². The fraction of sp³-hybridized carbons (Fsp3) is 0.333. The van der Waals surface area contributed by atoms with Gasteiger partial charge in [-0.15, -0.1) is 0 Å². The van der Waals surface area contributed by atoms with Gasteiger partial charge < -0.3 is 20.3 Å². The second-order valence-electron chi connectivity index (χ2n) is 6.71. The molecule has 2 aromatic carbocycles. The van der Waals surface area contributed by atoms with Gasteiger partial charge in [0.05, 0.1) is 12.8 Å². The summed E-state index contributed by atoms with van der Waals surface area (Å²) in [4.78, 5) is 26.2. The molecule has 3 rings (SSSR count). The van der Waals surface area contributed by atoms with Crippen LogP contribution in [0.4, 0.5) is 17.1 Å². The number of carbonyl (C=O) groups excluding carboxylic acids is 2. The van der Waals surface area contributed by atoms with Gasteiger partial charge in [-0.1, -0.05) is 18.2 Å². The minimum atomic E-state index is -0.436. The number of nitrogens with zero attached hydrogens (tertiary/aromatic N) is 1. The highest BCUT2D eigenvalue weighted by molar-refractivity contribution is 5.98. The Hall–Kier alpha value is -3.02. The number of hydrogen-bond acceptors (Lipinski definition) is 4. The molecule has 0 unspecified atom stereocenters. The van der Waals surface area contributed by atoms with Gasteiger partial charge in [-0.05, 0) is 44.0 Å². The van der Waals surface area contributed by atoms with Crippen LogP contribution >= 0.6 is 0 Å². The van der Waals surface area contributed by atoms with Crippen molar-refractivity contribution in [2.45, 2.75) is 32.7 Å². The molecule has 0 aliphatic carbocycles. The van der Waals surface area contributed by atoms with Crippen LogP contribution in [-0.4, -0.2) is 31.5 Å². The smallest absolute Gasteiger partial charge is 0.246 e. The number of ether oxygens (including phenoxy) is 1. The van der Waals surface area contributed by atoms with E-state index in [2.05, 4.69) is 10.6 Å². The molecule has 1 saturated heterocycles. The summed E-state index contributed by atoms with van der Waals surface area (Å²) in [6.07, 6.45) is 1.43. The first kappa shape index (κ1) is 18.8. The number of carbonyl (C=O) groups is 2. The highest BCUT2D eigenvalue weighted by atomic mass is 16.5. The van der Waals surface area contributed by atoms with Crippen molar-refractivity contribution in [3.8, 4) is 5.75 Å². The Labute approximate surface area is 159 Å². The van der Waals surface area contributed by atoms with Gasteiger partial charge in [0.2, 0.25) is 11.8 Å². The number of benzene rings is 2. The number of methoxy groups -OCH3 is 1. The molecular formula is C21H25N3O3. The molecule has 1 heterocycles. The predicted octanol–water partition coefficient (Wildman–Crippen LogP) is 3.57. The fourth-order valence-corrected chi connectivity index (χ4v) is 3.16. The molecule has 0 spiro atoms. The zero-order valence-electron chi connectivity index (χ0n) is 15.9. The van der Waals surface area contributed by atoms with Crippen LogP contribution < -0.4 is 20.3 Å². The van der Waals surface area contributed by atoms with Crippen LogP contribution in [0.15, 0.2) is 42.5 Å². The number of anilines is 3. The van der Waals surface area contributed by atoms with E-state index >= 15 is 0 Å². The summed E-state index contributed by atoms with van der Waals surface area (Å²) in [5, 5.41) is 6.12. The molecule has 1 fully saturated rings.